The number of hydrogen-bond donors (Lipinski definition) is 2. The maximum atomic E-state index is 12.1. The first kappa shape index (κ1) is 14.7. The zero-order chi connectivity index (χ0) is 16.1. The van der Waals surface area contributed by atoms with Crippen molar-refractivity contribution >= 4 is 11.6 Å². The topological polar surface area (TPSA) is 111 Å². The van der Waals surface area contributed by atoms with Gasteiger partial charge in [-0.25, -0.2) is 5.10 Å². The lowest BCUT2D eigenvalue weighted by Crippen LogP contribution is -2.01. The van der Waals surface area contributed by atoms with Gasteiger partial charge in [-0.1, -0.05) is 5.16 Å². The van der Waals surface area contributed by atoms with E-state index in [4.69, 9.17) is 9.26 Å². The quantitative estimate of drug-likeness (QED) is 0.680. The van der Waals surface area contributed by atoms with E-state index in [-0.39, 0.29) is 24.2 Å². The minimum absolute atomic E-state index is 0.146. The molecule has 0 unspecified atom stereocenters. The molecule has 0 saturated heterocycles. The van der Waals surface area contributed by atoms with Gasteiger partial charge < -0.3 is 19.3 Å². The normalized spacial score (nSPS) is 10.7. The summed E-state index contributed by atoms with van der Waals surface area (Å²) in [7, 11) is 0. The van der Waals surface area contributed by atoms with Crippen LogP contribution in [-0.2, 0) is 6.61 Å². The first-order valence-corrected chi connectivity index (χ1v) is 6.31. The summed E-state index contributed by atoms with van der Waals surface area (Å²) in [5, 5.41) is 12.4. The van der Waals surface area contributed by atoms with Gasteiger partial charge in [0.15, 0.2) is 24.0 Å². The Labute approximate surface area is 127 Å². The van der Waals surface area contributed by atoms with Gasteiger partial charge in [-0.2, -0.15) is 18.9 Å². The predicted octanol–water partition coefficient (Wildman–Crippen LogP) is 2.11. The second kappa shape index (κ2) is 6.68. The summed E-state index contributed by atoms with van der Waals surface area (Å²) < 4.78 is 38.6. The highest BCUT2D eigenvalue weighted by molar-refractivity contribution is 5.51. The van der Waals surface area contributed by atoms with E-state index in [9.17, 15) is 8.78 Å². The van der Waals surface area contributed by atoms with Crippen molar-refractivity contribution in [3.63, 3.8) is 0 Å². The lowest BCUT2D eigenvalue weighted by molar-refractivity contribution is -0.0528. The van der Waals surface area contributed by atoms with Gasteiger partial charge >= 0.3 is 6.61 Å². The summed E-state index contributed by atoms with van der Waals surface area (Å²) >= 11 is 0. The smallest absolute Gasteiger partial charge is 0.388 e. The number of ether oxygens (including phenoxy) is 2. The van der Waals surface area contributed by atoms with Crippen molar-refractivity contribution in [1.29, 1.82) is 0 Å². The number of anilines is 2. The van der Waals surface area contributed by atoms with Crippen LogP contribution in [0, 0.1) is 0 Å². The number of halogens is 2. The maximum absolute atomic E-state index is 12.1. The fourth-order valence-electron chi connectivity index (χ4n) is 1.60. The van der Waals surface area contributed by atoms with Crippen molar-refractivity contribution in [3.8, 4) is 11.8 Å². The third-order valence-corrected chi connectivity index (χ3v) is 2.49. The van der Waals surface area contributed by atoms with Crippen LogP contribution < -0.4 is 14.8 Å². The molecule has 3 aromatic rings. The summed E-state index contributed by atoms with van der Waals surface area (Å²) in [5.41, 5.74) is 0. The Morgan fingerprint density at radius 1 is 1.30 bits per heavy atom. The molecule has 0 atom stereocenters. The van der Waals surface area contributed by atoms with E-state index in [0.29, 0.717) is 11.6 Å². The van der Waals surface area contributed by atoms with Crippen molar-refractivity contribution in [2.24, 2.45) is 0 Å². The standard InChI is InChI=1S/C12H10F2N6O3/c13-12(14)22-10-3-8(19-20-10)17-9-4-15-5-11(18-9)21-6-7-1-2-16-23-7/h1-5,12H,6H2,(H2,17,18,19,20). The number of H-pyrrole nitrogens is 1. The highest BCUT2D eigenvalue weighted by atomic mass is 19.3. The highest BCUT2D eigenvalue weighted by Crippen LogP contribution is 2.19. The number of nitrogens with one attached hydrogen (secondary N) is 2. The van der Waals surface area contributed by atoms with E-state index < -0.39 is 6.61 Å². The fourth-order valence-corrected chi connectivity index (χ4v) is 1.60. The first-order valence-electron chi connectivity index (χ1n) is 6.31. The van der Waals surface area contributed by atoms with Crippen molar-refractivity contribution in [1.82, 2.24) is 25.3 Å². The lowest BCUT2D eigenvalue weighted by Gasteiger charge is -2.05. The van der Waals surface area contributed by atoms with Crippen LogP contribution in [0.4, 0.5) is 20.4 Å². The van der Waals surface area contributed by atoms with Crippen LogP contribution in [0.2, 0.25) is 0 Å². The fraction of sp³-hybridized carbons (Fsp3) is 0.167. The van der Waals surface area contributed by atoms with Crippen LogP contribution in [0.15, 0.2) is 35.2 Å². The highest BCUT2D eigenvalue weighted by Gasteiger charge is 2.09. The molecule has 0 saturated carbocycles. The van der Waals surface area contributed by atoms with E-state index >= 15 is 0 Å². The molecule has 2 N–H and O–H groups in total. The summed E-state index contributed by atoms with van der Waals surface area (Å²) in [6.07, 6.45) is 4.33. The summed E-state index contributed by atoms with van der Waals surface area (Å²) in [6.45, 7) is -2.79. The Bertz CT molecular complexity index is 749. The van der Waals surface area contributed by atoms with E-state index in [2.05, 4.69) is 35.4 Å². The van der Waals surface area contributed by atoms with Gasteiger partial charge in [0.2, 0.25) is 11.8 Å². The van der Waals surface area contributed by atoms with Crippen LogP contribution in [0.1, 0.15) is 5.76 Å². The van der Waals surface area contributed by atoms with Crippen LogP contribution in [0.25, 0.3) is 0 Å². The van der Waals surface area contributed by atoms with E-state index in [1.165, 1.54) is 24.7 Å². The Morgan fingerprint density at radius 2 is 2.22 bits per heavy atom. The molecule has 0 aliphatic rings. The van der Waals surface area contributed by atoms with Crippen molar-refractivity contribution < 1.29 is 22.8 Å². The predicted molar refractivity (Wildman–Crippen MR) is 71.4 cm³/mol. The average molecular weight is 324 g/mol. The molecular weight excluding hydrogens is 314 g/mol. The SMILES string of the molecule is FC(F)Oc1cc(Nc2cncc(OCc3ccno3)n2)n[nH]1. The molecule has 3 heterocycles. The van der Waals surface area contributed by atoms with Crippen molar-refractivity contribution in [2.75, 3.05) is 5.32 Å². The second-order valence-electron chi connectivity index (χ2n) is 4.13. The molecule has 0 bridgehead atoms. The number of hydrogen-bond acceptors (Lipinski definition) is 8. The molecule has 0 aliphatic carbocycles. The zero-order valence-corrected chi connectivity index (χ0v) is 11.4. The van der Waals surface area contributed by atoms with Gasteiger partial charge in [0, 0.05) is 12.1 Å². The summed E-state index contributed by atoms with van der Waals surface area (Å²) in [4.78, 5) is 8.09. The average Bonchev–Trinajstić information content (AvgIpc) is 3.17. The maximum Gasteiger partial charge on any atom is 0.388 e. The van der Waals surface area contributed by atoms with E-state index in [0.717, 1.165) is 0 Å². The first-order chi connectivity index (χ1) is 11.2. The molecule has 0 amide bonds. The Balaban J connectivity index is 1.61. The van der Waals surface area contributed by atoms with Gasteiger partial charge in [0.05, 0.1) is 18.6 Å². The molecule has 9 nitrogen and oxygen atoms in total. The molecule has 23 heavy (non-hydrogen) atoms. The zero-order valence-electron chi connectivity index (χ0n) is 11.4. The van der Waals surface area contributed by atoms with Gasteiger partial charge in [-0.15, -0.1) is 0 Å². The number of rotatable bonds is 7. The van der Waals surface area contributed by atoms with E-state index in [1.54, 1.807) is 6.07 Å². The van der Waals surface area contributed by atoms with Gasteiger partial charge in [-0.05, 0) is 0 Å². The van der Waals surface area contributed by atoms with Crippen molar-refractivity contribution in [3.05, 3.63) is 36.5 Å². The molecule has 3 rings (SSSR count). The second-order valence-corrected chi connectivity index (χ2v) is 4.13. The van der Waals surface area contributed by atoms with Crippen LogP contribution in [-0.4, -0.2) is 31.9 Å². The Morgan fingerprint density at radius 3 is 3.00 bits per heavy atom. The Hall–Kier alpha value is -3.24. The van der Waals surface area contributed by atoms with Crippen LogP contribution in [0.5, 0.6) is 11.8 Å². The third kappa shape index (κ3) is 4.12. The molecule has 0 radical (unpaired) electrons. The molecule has 0 aromatic carbocycles. The number of aromatic amines is 1. The molecule has 11 heteroatoms. The number of alkyl halides is 2. The van der Waals surface area contributed by atoms with Crippen LogP contribution in [0.3, 0.4) is 0 Å². The third-order valence-electron chi connectivity index (χ3n) is 2.49. The monoisotopic (exact) mass is 324 g/mol. The molecule has 0 spiro atoms. The largest absolute Gasteiger partial charge is 0.468 e. The van der Waals surface area contributed by atoms with Gasteiger partial charge in [-0.3, -0.25) is 4.98 Å². The van der Waals surface area contributed by atoms with E-state index in [1.807, 2.05) is 0 Å². The molecular formula is C12H10F2N6O3. The minimum Gasteiger partial charge on any atom is -0.468 e. The molecule has 3 aromatic heterocycles. The molecule has 120 valence electrons. The van der Waals surface area contributed by atoms with Crippen LogP contribution >= 0.6 is 0 Å². The Kier molecular flexibility index (Phi) is 4.27. The number of nitrogens with zero attached hydrogens (tertiary/aromatic N) is 4. The van der Waals surface area contributed by atoms with Gasteiger partial charge in [0.1, 0.15) is 0 Å². The molecule has 0 aliphatic heterocycles. The van der Waals surface area contributed by atoms with Crippen molar-refractivity contribution in [2.45, 2.75) is 13.2 Å². The minimum atomic E-state index is -2.93. The number of aromatic nitrogens is 5. The summed E-state index contributed by atoms with van der Waals surface area (Å²) in [6, 6.07) is 2.92. The summed E-state index contributed by atoms with van der Waals surface area (Å²) in [5.74, 6) is 1.16. The molecule has 0 fully saturated rings. The van der Waals surface area contributed by atoms with Gasteiger partial charge in [0.25, 0.3) is 0 Å². The lowest BCUT2D eigenvalue weighted by atomic mass is 10.5.